The topological polar surface area (TPSA) is 63.6 Å². The second-order valence-electron chi connectivity index (χ2n) is 6.95. The number of hydrogen-bond donors (Lipinski definition) is 1. The molecule has 31 heavy (non-hydrogen) atoms. The molecule has 5 nitrogen and oxygen atoms in total. The number of rotatable bonds is 5. The quantitative estimate of drug-likeness (QED) is 0.326. The Balaban J connectivity index is 1.69. The molecule has 0 aliphatic rings. The number of ether oxygens (including phenoxy) is 1. The van der Waals surface area contributed by atoms with Crippen molar-refractivity contribution >= 4 is 34.1 Å². The van der Waals surface area contributed by atoms with E-state index in [0.29, 0.717) is 22.0 Å². The van der Waals surface area contributed by atoms with E-state index in [1.165, 1.54) is 0 Å². The Labute approximate surface area is 185 Å². The van der Waals surface area contributed by atoms with Crippen molar-refractivity contribution in [3.05, 3.63) is 95.0 Å². The zero-order valence-corrected chi connectivity index (χ0v) is 17.9. The van der Waals surface area contributed by atoms with Crippen molar-refractivity contribution in [2.75, 3.05) is 7.11 Å². The Kier molecular flexibility index (Phi) is 5.96. The van der Waals surface area contributed by atoms with E-state index in [2.05, 4.69) is 10.5 Å². The van der Waals surface area contributed by atoms with Crippen molar-refractivity contribution in [3.8, 4) is 17.0 Å². The third kappa shape index (κ3) is 4.57. The molecule has 0 unspecified atom stereocenters. The van der Waals surface area contributed by atoms with Crippen LogP contribution in [-0.2, 0) is 0 Å². The molecule has 1 amide bonds. The van der Waals surface area contributed by atoms with E-state index < -0.39 is 0 Å². The molecule has 1 aromatic heterocycles. The highest BCUT2D eigenvalue weighted by Gasteiger charge is 2.14. The molecule has 0 atom stereocenters. The number of para-hydroxylation sites is 1. The fourth-order valence-corrected chi connectivity index (χ4v) is 3.37. The Bertz CT molecular complexity index is 1280. The Morgan fingerprint density at radius 1 is 1.00 bits per heavy atom. The number of aromatic nitrogens is 1. The van der Waals surface area contributed by atoms with Crippen molar-refractivity contribution in [2.45, 2.75) is 6.92 Å². The maximum absolute atomic E-state index is 13.1. The molecular weight excluding hydrogens is 410 g/mol. The van der Waals surface area contributed by atoms with Crippen LogP contribution in [0.25, 0.3) is 22.2 Å². The van der Waals surface area contributed by atoms with Gasteiger partial charge in [-0.3, -0.25) is 4.79 Å². The number of nitrogens with zero attached hydrogens (tertiary/aromatic N) is 2. The summed E-state index contributed by atoms with van der Waals surface area (Å²) in [6.45, 7) is 1.83. The molecule has 0 saturated heterocycles. The van der Waals surface area contributed by atoms with E-state index in [1.807, 2.05) is 67.6 Å². The van der Waals surface area contributed by atoms with Crippen LogP contribution >= 0.6 is 11.6 Å². The first kappa shape index (κ1) is 20.6. The van der Waals surface area contributed by atoms with Crippen LogP contribution in [0.15, 0.2) is 84.0 Å². The van der Waals surface area contributed by atoms with E-state index in [1.54, 1.807) is 25.3 Å². The molecule has 1 N–H and O–H groups in total. The Morgan fingerprint density at radius 3 is 2.55 bits per heavy atom. The first-order valence-electron chi connectivity index (χ1n) is 9.70. The number of benzene rings is 3. The first-order valence-corrected chi connectivity index (χ1v) is 10.1. The number of amides is 1. The van der Waals surface area contributed by atoms with Gasteiger partial charge < -0.3 is 4.74 Å². The molecule has 1 heterocycles. The second-order valence-corrected chi connectivity index (χ2v) is 7.39. The Morgan fingerprint density at radius 2 is 1.77 bits per heavy atom. The van der Waals surface area contributed by atoms with Gasteiger partial charge in [0.2, 0.25) is 0 Å². The molecule has 0 aliphatic carbocycles. The van der Waals surface area contributed by atoms with E-state index in [9.17, 15) is 4.79 Å². The normalized spacial score (nSPS) is 11.4. The van der Waals surface area contributed by atoms with Crippen molar-refractivity contribution in [1.82, 2.24) is 10.4 Å². The zero-order chi connectivity index (χ0) is 21.8. The van der Waals surface area contributed by atoms with E-state index in [4.69, 9.17) is 21.3 Å². The second kappa shape index (κ2) is 8.98. The van der Waals surface area contributed by atoms with Gasteiger partial charge in [-0.1, -0.05) is 54.1 Å². The van der Waals surface area contributed by atoms with E-state index in [0.717, 1.165) is 27.8 Å². The minimum absolute atomic E-state index is 0.309. The largest absolute Gasteiger partial charge is 0.497 e. The first-order chi connectivity index (χ1) is 15.0. The van der Waals surface area contributed by atoms with Crippen molar-refractivity contribution in [1.29, 1.82) is 0 Å². The predicted molar refractivity (Wildman–Crippen MR) is 125 cm³/mol. The fraction of sp³-hybridized carbons (Fsp3) is 0.0800. The molecule has 0 spiro atoms. The molecular formula is C25H20ClN3O2. The lowest BCUT2D eigenvalue weighted by Gasteiger charge is -2.10. The molecule has 3 aromatic carbocycles. The molecule has 6 heteroatoms. The number of carbonyl (C=O) groups excluding carboxylic acids is 1. The maximum Gasteiger partial charge on any atom is 0.272 e. The summed E-state index contributed by atoms with van der Waals surface area (Å²) in [5.74, 6) is 0.419. The summed E-state index contributed by atoms with van der Waals surface area (Å²) < 4.78 is 5.25. The number of nitrogens with one attached hydrogen (secondary N) is 1. The number of hydrazone groups is 1. The van der Waals surface area contributed by atoms with E-state index >= 15 is 0 Å². The van der Waals surface area contributed by atoms with Gasteiger partial charge in [-0.15, -0.1) is 0 Å². The summed E-state index contributed by atoms with van der Waals surface area (Å²) in [4.78, 5) is 17.8. The Hall–Kier alpha value is -3.70. The SMILES string of the molecule is COc1cccc(/C(C)=N/NC(=O)c2cc(-c3ccc(Cl)cc3)nc3ccccc23)c1. The lowest BCUT2D eigenvalue weighted by Crippen LogP contribution is -2.20. The van der Waals surface area contributed by atoms with Gasteiger partial charge >= 0.3 is 0 Å². The number of pyridine rings is 1. The van der Waals surface area contributed by atoms with Crippen molar-refractivity contribution < 1.29 is 9.53 Å². The fourth-order valence-electron chi connectivity index (χ4n) is 3.24. The van der Waals surface area contributed by atoms with Crippen LogP contribution in [0.1, 0.15) is 22.8 Å². The molecule has 0 radical (unpaired) electrons. The van der Waals surface area contributed by atoms with Gasteiger partial charge in [-0.2, -0.15) is 5.10 Å². The lowest BCUT2D eigenvalue weighted by molar-refractivity contribution is 0.0956. The third-order valence-corrected chi connectivity index (χ3v) is 5.17. The van der Waals surface area contributed by atoms with Gasteiger partial charge in [0.05, 0.1) is 29.6 Å². The number of carbonyl (C=O) groups is 1. The predicted octanol–water partition coefficient (Wildman–Crippen LogP) is 5.72. The number of halogens is 1. The highest BCUT2D eigenvalue weighted by atomic mass is 35.5. The van der Waals surface area contributed by atoms with Gasteiger partial charge in [0, 0.05) is 21.5 Å². The van der Waals surface area contributed by atoms with Crippen LogP contribution in [0, 0.1) is 0 Å². The van der Waals surface area contributed by atoms with Gasteiger partial charge in [0.15, 0.2) is 0 Å². The lowest BCUT2D eigenvalue weighted by atomic mass is 10.0. The highest BCUT2D eigenvalue weighted by Crippen LogP contribution is 2.26. The molecule has 4 rings (SSSR count). The zero-order valence-electron chi connectivity index (χ0n) is 17.1. The average Bonchev–Trinajstić information content (AvgIpc) is 2.82. The summed E-state index contributed by atoms with van der Waals surface area (Å²) >= 11 is 6.01. The monoisotopic (exact) mass is 429 g/mol. The molecule has 0 saturated carbocycles. The van der Waals surface area contributed by atoms with Crippen molar-refractivity contribution in [3.63, 3.8) is 0 Å². The average molecular weight is 430 g/mol. The molecule has 0 fully saturated rings. The molecule has 0 aliphatic heterocycles. The minimum Gasteiger partial charge on any atom is -0.497 e. The highest BCUT2D eigenvalue weighted by molar-refractivity contribution is 6.30. The molecule has 4 aromatic rings. The number of hydrogen-bond acceptors (Lipinski definition) is 4. The summed E-state index contributed by atoms with van der Waals surface area (Å²) in [5, 5.41) is 5.69. The van der Waals surface area contributed by atoms with Crippen LogP contribution in [-0.4, -0.2) is 23.7 Å². The number of methoxy groups -OCH3 is 1. The van der Waals surface area contributed by atoms with Gasteiger partial charge in [-0.25, -0.2) is 10.4 Å². The van der Waals surface area contributed by atoms with Gasteiger partial charge in [-0.05, 0) is 43.3 Å². The maximum atomic E-state index is 13.1. The van der Waals surface area contributed by atoms with Gasteiger partial charge in [0.1, 0.15) is 5.75 Å². The smallest absolute Gasteiger partial charge is 0.272 e. The molecule has 0 bridgehead atoms. The van der Waals surface area contributed by atoms with Crippen LogP contribution in [0.2, 0.25) is 5.02 Å². The minimum atomic E-state index is -0.309. The van der Waals surface area contributed by atoms with Crippen LogP contribution < -0.4 is 10.2 Å². The summed E-state index contributed by atoms with van der Waals surface area (Å²) in [6.07, 6.45) is 0. The standard InChI is InChI=1S/C25H20ClN3O2/c1-16(18-6-5-7-20(14-18)31-2)28-29-25(30)22-15-24(17-10-12-19(26)13-11-17)27-23-9-4-3-8-21(22)23/h3-15H,1-2H3,(H,29,30)/b28-16+. The summed E-state index contributed by atoms with van der Waals surface area (Å²) in [5.41, 5.74) is 7.00. The summed E-state index contributed by atoms with van der Waals surface area (Å²) in [7, 11) is 1.61. The van der Waals surface area contributed by atoms with E-state index in [-0.39, 0.29) is 5.91 Å². The molecule has 154 valence electrons. The van der Waals surface area contributed by atoms with Crippen molar-refractivity contribution in [2.24, 2.45) is 5.10 Å². The number of fused-ring (bicyclic) bond motifs is 1. The summed E-state index contributed by atoms with van der Waals surface area (Å²) in [6, 6.07) is 24.2. The third-order valence-electron chi connectivity index (χ3n) is 4.91. The van der Waals surface area contributed by atoms with Crippen LogP contribution in [0.5, 0.6) is 5.75 Å². The van der Waals surface area contributed by atoms with Crippen LogP contribution in [0.3, 0.4) is 0 Å². The van der Waals surface area contributed by atoms with Gasteiger partial charge in [0.25, 0.3) is 5.91 Å². The van der Waals surface area contributed by atoms with Crippen LogP contribution in [0.4, 0.5) is 0 Å².